The van der Waals surface area contributed by atoms with Crippen molar-refractivity contribution in [2.75, 3.05) is 5.33 Å². The van der Waals surface area contributed by atoms with Gasteiger partial charge in [-0.2, -0.15) is 0 Å². The number of benzene rings is 2. The molecule has 0 aliphatic rings. The number of aliphatic hydroxyl groups excluding tert-OH is 1. The Morgan fingerprint density at radius 2 is 1.93 bits per heavy atom. The molecule has 3 heteroatoms. The highest BCUT2D eigenvalue weighted by atomic mass is 79.9. The molecule has 0 spiro atoms. The summed E-state index contributed by atoms with van der Waals surface area (Å²) in [5.74, 6) is 0. The van der Waals surface area contributed by atoms with Gasteiger partial charge in [-0.25, -0.2) is 0 Å². The summed E-state index contributed by atoms with van der Waals surface area (Å²) >= 11 is 9.36. The van der Waals surface area contributed by atoms with Crippen LogP contribution < -0.4 is 0 Å². The van der Waals surface area contributed by atoms with Crippen LogP contribution in [0, 0.1) is 0 Å². The van der Waals surface area contributed by atoms with Crippen molar-refractivity contribution in [2.45, 2.75) is 6.10 Å². The van der Waals surface area contributed by atoms with Gasteiger partial charge in [-0.05, 0) is 16.8 Å². The smallest absolute Gasteiger partial charge is 0.0907 e. The van der Waals surface area contributed by atoms with Crippen LogP contribution in [0.2, 0.25) is 5.02 Å². The summed E-state index contributed by atoms with van der Waals surface area (Å²) in [6.07, 6.45) is -0.566. The predicted octanol–water partition coefficient (Wildman–Crippen LogP) is 3.92. The van der Waals surface area contributed by atoms with E-state index in [0.29, 0.717) is 10.4 Å². The number of hydrogen-bond donors (Lipinski definition) is 1. The molecule has 0 radical (unpaired) electrons. The summed E-state index contributed by atoms with van der Waals surface area (Å²) in [5, 5.41) is 13.1. The van der Waals surface area contributed by atoms with Crippen molar-refractivity contribution in [2.24, 2.45) is 0 Å². The van der Waals surface area contributed by atoms with Crippen LogP contribution >= 0.6 is 27.5 Å². The third kappa shape index (κ3) is 2.03. The Hall–Kier alpha value is -0.570. The SMILES string of the molecule is OC(CBr)c1c(Cl)ccc2ccccc12. The second-order valence-electron chi connectivity index (χ2n) is 3.35. The monoisotopic (exact) mass is 284 g/mol. The summed E-state index contributed by atoms with van der Waals surface area (Å²) in [6.45, 7) is 0. The van der Waals surface area contributed by atoms with Crippen LogP contribution in [-0.4, -0.2) is 10.4 Å². The molecule has 0 saturated carbocycles. The van der Waals surface area contributed by atoms with Crippen LogP contribution in [0.4, 0.5) is 0 Å². The average Bonchev–Trinajstić information content (AvgIpc) is 2.28. The van der Waals surface area contributed by atoms with E-state index in [1.54, 1.807) is 0 Å². The number of rotatable bonds is 2. The van der Waals surface area contributed by atoms with E-state index in [9.17, 15) is 5.11 Å². The minimum Gasteiger partial charge on any atom is -0.387 e. The van der Waals surface area contributed by atoms with Crippen LogP contribution in [0.25, 0.3) is 10.8 Å². The second kappa shape index (κ2) is 4.52. The Kier molecular flexibility index (Phi) is 3.29. The summed E-state index contributed by atoms with van der Waals surface area (Å²) in [6, 6.07) is 11.7. The first-order chi connectivity index (χ1) is 7.24. The maximum Gasteiger partial charge on any atom is 0.0907 e. The zero-order valence-corrected chi connectivity index (χ0v) is 10.3. The van der Waals surface area contributed by atoms with E-state index in [0.717, 1.165) is 16.3 Å². The zero-order valence-electron chi connectivity index (χ0n) is 7.95. The Morgan fingerprint density at radius 1 is 1.20 bits per heavy atom. The summed E-state index contributed by atoms with van der Waals surface area (Å²) in [4.78, 5) is 0. The van der Waals surface area contributed by atoms with Gasteiger partial charge in [0, 0.05) is 15.9 Å². The number of alkyl halides is 1. The van der Waals surface area contributed by atoms with Crippen LogP contribution in [0.15, 0.2) is 36.4 Å². The third-order valence-electron chi connectivity index (χ3n) is 2.40. The molecule has 0 aliphatic carbocycles. The van der Waals surface area contributed by atoms with Gasteiger partial charge in [0.05, 0.1) is 6.10 Å². The van der Waals surface area contributed by atoms with Crippen LogP contribution in [0.1, 0.15) is 11.7 Å². The minimum atomic E-state index is -0.566. The lowest BCUT2D eigenvalue weighted by atomic mass is 10.0. The number of halogens is 2. The molecule has 2 aromatic carbocycles. The van der Waals surface area contributed by atoms with Gasteiger partial charge in [0.25, 0.3) is 0 Å². The van der Waals surface area contributed by atoms with E-state index in [2.05, 4.69) is 15.9 Å². The highest BCUT2D eigenvalue weighted by molar-refractivity contribution is 9.09. The molecule has 1 atom stereocenters. The molecule has 78 valence electrons. The lowest BCUT2D eigenvalue weighted by Crippen LogP contribution is -2.00. The summed E-state index contributed by atoms with van der Waals surface area (Å²) in [7, 11) is 0. The Balaban J connectivity index is 2.74. The largest absolute Gasteiger partial charge is 0.387 e. The molecule has 0 amide bonds. The molecule has 0 aromatic heterocycles. The third-order valence-corrected chi connectivity index (χ3v) is 3.34. The topological polar surface area (TPSA) is 20.2 Å². The average molecular weight is 286 g/mol. The van der Waals surface area contributed by atoms with E-state index in [4.69, 9.17) is 11.6 Å². The first-order valence-electron chi connectivity index (χ1n) is 4.65. The van der Waals surface area contributed by atoms with Crippen molar-refractivity contribution in [3.8, 4) is 0 Å². The van der Waals surface area contributed by atoms with Crippen molar-refractivity contribution >= 4 is 38.3 Å². The van der Waals surface area contributed by atoms with Crippen LogP contribution in [-0.2, 0) is 0 Å². The fraction of sp³-hybridized carbons (Fsp3) is 0.167. The predicted molar refractivity (Wildman–Crippen MR) is 67.7 cm³/mol. The molecule has 1 N–H and O–H groups in total. The maximum atomic E-state index is 9.88. The fourth-order valence-corrected chi connectivity index (χ4v) is 2.30. The highest BCUT2D eigenvalue weighted by Crippen LogP contribution is 2.31. The molecule has 2 aromatic rings. The Morgan fingerprint density at radius 3 is 2.67 bits per heavy atom. The quantitative estimate of drug-likeness (QED) is 0.829. The van der Waals surface area contributed by atoms with Gasteiger partial charge in [-0.15, -0.1) is 0 Å². The summed E-state index contributed by atoms with van der Waals surface area (Å²) in [5.41, 5.74) is 0.798. The van der Waals surface area contributed by atoms with Gasteiger partial charge in [0.15, 0.2) is 0 Å². The second-order valence-corrected chi connectivity index (χ2v) is 4.41. The van der Waals surface area contributed by atoms with Gasteiger partial charge in [0.2, 0.25) is 0 Å². The molecule has 1 unspecified atom stereocenters. The lowest BCUT2D eigenvalue weighted by molar-refractivity contribution is 0.207. The van der Waals surface area contributed by atoms with Gasteiger partial charge in [0.1, 0.15) is 0 Å². The van der Waals surface area contributed by atoms with Gasteiger partial charge in [-0.3, -0.25) is 0 Å². The van der Waals surface area contributed by atoms with Crippen molar-refractivity contribution < 1.29 is 5.11 Å². The Bertz CT molecular complexity index is 484. The molecule has 1 nitrogen and oxygen atoms in total. The first-order valence-corrected chi connectivity index (χ1v) is 6.15. The molecule has 0 aliphatic heterocycles. The van der Waals surface area contributed by atoms with E-state index < -0.39 is 6.10 Å². The van der Waals surface area contributed by atoms with E-state index in [1.165, 1.54) is 0 Å². The molecule has 0 heterocycles. The van der Waals surface area contributed by atoms with Gasteiger partial charge < -0.3 is 5.11 Å². The maximum absolute atomic E-state index is 9.88. The number of hydrogen-bond acceptors (Lipinski definition) is 1. The van der Waals surface area contributed by atoms with Crippen LogP contribution in [0.5, 0.6) is 0 Å². The lowest BCUT2D eigenvalue weighted by Gasteiger charge is -2.13. The standard InChI is InChI=1S/C12H10BrClO/c13-7-11(15)12-9-4-2-1-3-8(9)5-6-10(12)14/h1-6,11,15H,7H2. The Labute approximate surface area is 102 Å². The first kappa shape index (κ1) is 10.9. The molecular weight excluding hydrogens is 275 g/mol. The number of aliphatic hydroxyl groups is 1. The van der Waals surface area contributed by atoms with Crippen molar-refractivity contribution in [3.63, 3.8) is 0 Å². The molecule has 0 fully saturated rings. The number of fused-ring (bicyclic) bond motifs is 1. The van der Waals surface area contributed by atoms with Crippen molar-refractivity contribution in [1.29, 1.82) is 0 Å². The van der Waals surface area contributed by atoms with E-state index in [-0.39, 0.29) is 0 Å². The summed E-state index contributed by atoms with van der Waals surface area (Å²) < 4.78 is 0. The van der Waals surface area contributed by atoms with Crippen LogP contribution in [0.3, 0.4) is 0 Å². The molecule has 0 saturated heterocycles. The molecule has 2 rings (SSSR count). The fourth-order valence-electron chi connectivity index (χ4n) is 1.68. The van der Waals surface area contributed by atoms with Crippen molar-refractivity contribution in [3.05, 3.63) is 47.0 Å². The molecule has 0 bridgehead atoms. The van der Waals surface area contributed by atoms with Gasteiger partial charge in [-0.1, -0.05) is 57.9 Å². The normalized spacial score (nSPS) is 13.0. The van der Waals surface area contributed by atoms with E-state index >= 15 is 0 Å². The zero-order chi connectivity index (χ0) is 10.8. The molecule has 15 heavy (non-hydrogen) atoms. The van der Waals surface area contributed by atoms with E-state index in [1.807, 2.05) is 36.4 Å². The minimum absolute atomic E-state index is 0.487. The molecular formula is C12H10BrClO. The van der Waals surface area contributed by atoms with Crippen molar-refractivity contribution in [1.82, 2.24) is 0 Å². The van der Waals surface area contributed by atoms with Gasteiger partial charge >= 0.3 is 0 Å². The highest BCUT2D eigenvalue weighted by Gasteiger charge is 2.13.